The average Bonchev–Trinajstić information content (AvgIpc) is 2.88. The molecule has 0 radical (unpaired) electrons. The van der Waals surface area contributed by atoms with Crippen LogP contribution < -0.4 is 20.3 Å². The number of hydrogen-bond acceptors (Lipinski definition) is 8. The molecule has 0 spiro atoms. The van der Waals surface area contributed by atoms with E-state index in [1.807, 2.05) is 50.3 Å². The van der Waals surface area contributed by atoms with Crippen molar-refractivity contribution in [3.05, 3.63) is 65.4 Å². The first-order valence-corrected chi connectivity index (χ1v) is 12.7. The maximum Gasteiger partial charge on any atom is 0.417 e. The Morgan fingerprint density at radius 2 is 1.87 bits per heavy atom. The zero-order valence-corrected chi connectivity index (χ0v) is 22.1. The molecule has 38 heavy (non-hydrogen) atoms. The summed E-state index contributed by atoms with van der Waals surface area (Å²) in [7, 11) is 5.94. The van der Waals surface area contributed by atoms with E-state index in [9.17, 15) is 18.0 Å². The number of carbonyl (C=O) groups excluding carboxylic acids is 1. The molecule has 8 nitrogen and oxygen atoms in total. The van der Waals surface area contributed by atoms with Crippen LogP contribution in [0.1, 0.15) is 21.5 Å². The van der Waals surface area contributed by atoms with E-state index in [1.54, 1.807) is 6.20 Å². The van der Waals surface area contributed by atoms with Gasteiger partial charge in [-0.25, -0.2) is 4.98 Å². The molecular weight excluding hydrogens is 517 g/mol. The van der Waals surface area contributed by atoms with E-state index in [0.29, 0.717) is 10.8 Å². The van der Waals surface area contributed by atoms with E-state index in [0.717, 1.165) is 61.3 Å². The molecule has 202 valence electrons. The third kappa shape index (κ3) is 6.67. The predicted octanol–water partition coefficient (Wildman–Crippen LogP) is 4.14. The van der Waals surface area contributed by atoms with E-state index >= 15 is 0 Å². The number of anilines is 2. The molecule has 4 rings (SSSR count). The number of hydrogen-bond donors (Lipinski definition) is 1. The molecule has 0 unspecified atom stereocenters. The number of likely N-dealkylation sites (N-methyl/N-ethyl adjacent to an activating group) is 1. The molecule has 0 saturated carbocycles. The lowest BCUT2D eigenvalue weighted by atomic mass is 10.1. The van der Waals surface area contributed by atoms with Crippen LogP contribution in [0, 0.1) is 0 Å². The Labute approximate surface area is 223 Å². The third-order valence-electron chi connectivity index (χ3n) is 6.09. The summed E-state index contributed by atoms with van der Waals surface area (Å²) in [6.45, 7) is 3.43. The van der Waals surface area contributed by atoms with Crippen molar-refractivity contribution in [2.45, 2.75) is 22.6 Å². The fourth-order valence-corrected chi connectivity index (χ4v) is 4.78. The van der Waals surface area contributed by atoms with Crippen molar-refractivity contribution in [1.29, 1.82) is 0 Å². The van der Waals surface area contributed by atoms with Crippen LogP contribution >= 0.6 is 11.8 Å². The van der Waals surface area contributed by atoms with Gasteiger partial charge in [0.1, 0.15) is 6.61 Å². The van der Waals surface area contributed by atoms with Crippen molar-refractivity contribution in [3.63, 3.8) is 0 Å². The summed E-state index contributed by atoms with van der Waals surface area (Å²) in [5.41, 5.74) is 5.41. The standard InChI is InChI=1S/C26H29F3N6O2S/c1-33(2)18-6-4-5-17(13-18)16-37-24-22(15-31-25(32-24)35-11-9-34(3)10-12-35)38-19-7-8-20(23(30)36)21(14-19)26(27,28)29/h4-8,13-15H,9-12,16H2,1-3H3,(H2,30,36). The van der Waals surface area contributed by atoms with E-state index in [-0.39, 0.29) is 17.4 Å². The predicted molar refractivity (Wildman–Crippen MR) is 141 cm³/mol. The summed E-state index contributed by atoms with van der Waals surface area (Å²) in [5, 5.41) is 0. The van der Waals surface area contributed by atoms with Crippen molar-refractivity contribution in [3.8, 4) is 5.88 Å². The second-order valence-corrected chi connectivity index (χ2v) is 10.3. The van der Waals surface area contributed by atoms with Crippen LogP contribution in [0.15, 0.2) is 58.5 Å². The summed E-state index contributed by atoms with van der Waals surface area (Å²) in [6, 6.07) is 11.2. The Bertz CT molecular complexity index is 1300. The molecule has 0 aliphatic carbocycles. The van der Waals surface area contributed by atoms with Gasteiger partial charge < -0.3 is 25.2 Å². The number of piperazine rings is 1. The fourth-order valence-electron chi connectivity index (χ4n) is 3.92. The number of nitrogens with zero attached hydrogens (tertiary/aromatic N) is 5. The molecule has 2 aromatic carbocycles. The van der Waals surface area contributed by atoms with E-state index in [4.69, 9.17) is 10.5 Å². The maximum atomic E-state index is 13.6. The van der Waals surface area contributed by atoms with Crippen molar-refractivity contribution < 1.29 is 22.7 Å². The van der Waals surface area contributed by atoms with Crippen molar-refractivity contribution in [1.82, 2.24) is 14.9 Å². The molecule has 1 aliphatic heterocycles. The van der Waals surface area contributed by atoms with Gasteiger partial charge in [0.05, 0.1) is 22.2 Å². The number of amides is 1. The summed E-state index contributed by atoms with van der Waals surface area (Å²) in [5.74, 6) is -0.376. The lowest BCUT2D eigenvalue weighted by Gasteiger charge is -2.32. The van der Waals surface area contributed by atoms with Crippen LogP contribution in [-0.4, -0.2) is 68.1 Å². The Hall–Kier alpha value is -3.51. The highest BCUT2D eigenvalue weighted by Crippen LogP contribution is 2.39. The minimum Gasteiger partial charge on any atom is -0.472 e. The quantitative estimate of drug-likeness (QED) is 0.451. The van der Waals surface area contributed by atoms with Gasteiger partial charge in [-0.3, -0.25) is 4.79 Å². The Morgan fingerprint density at radius 1 is 1.13 bits per heavy atom. The van der Waals surface area contributed by atoms with Crippen LogP contribution in [-0.2, 0) is 12.8 Å². The molecular formula is C26H29F3N6O2S. The van der Waals surface area contributed by atoms with Gasteiger partial charge in [0.2, 0.25) is 17.7 Å². The van der Waals surface area contributed by atoms with Crippen LogP contribution in [0.25, 0.3) is 0 Å². The van der Waals surface area contributed by atoms with Crippen molar-refractivity contribution in [2.75, 3.05) is 57.1 Å². The minimum atomic E-state index is -4.74. The largest absolute Gasteiger partial charge is 0.472 e. The molecule has 1 fully saturated rings. The number of alkyl halides is 3. The van der Waals surface area contributed by atoms with Crippen LogP contribution in [0.3, 0.4) is 0 Å². The fraction of sp³-hybridized carbons (Fsp3) is 0.346. The van der Waals surface area contributed by atoms with Gasteiger partial charge in [0.25, 0.3) is 0 Å². The smallest absolute Gasteiger partial charge is 0.417 e. The second kappa shape index (κ2) is 11.5. The molecule has 1 saturated heterocycles. The van der Waals surface area contributed by atoms with Gasteiger partial charge in [0.15, 0.2) is 0 Å². The molecule has 1 amide bonds. The van der Waals surface area contributed by atoms with Gasteiger partial charge in [-0.1, -0.05) is 23.9 Å². The Morgan fingerprint density at radius 3 is 2.53 bits per heavy atom. The van der Waals surface area contributed by atoms with Crippen LogP contribution in [0.5, 0.6) is 5.88 Å². The average molecular weight is 547 g/mol. The highest BCUT2D eigenvalue weighted by Gasteiger charge is 2.35. The third-order valence-corrected chi connectivity index (χ3v) is 7.08. The maximum absolute atomic E-state index is 13.6. The Kier molecular flexibility index (Phi) is 8.32. The van der Waals surface area contributed by atoms with Crippen molar-refractivity contribution >= 4 is 29.3 Å². The zero-order valence-electron chi connectivity index (χ0n) is 21.3. The number of carbonyl (C=O) groups is 1. The second-order valence-electron chi connectivity index (χ2n) is 9.15. The van der Waals surface area contributed by atoms with Gasteiger partial charge >= 0.3 is 6.18 Å². The van der Waals surface area contributed by atoms with Gasteiger partial charge in [-0.2, -0.15) is 18.2 Å². The summed E-state index contributed by atoms with van der Waals surface area (Å²) in [6.07, 6.45) is -3.17. The molecule has 12 heteroatoms. The molecule has 0 bridgehead atoms. The van der Waals surface area contributed by atoms with Crippen LogP contribution in [0.2, 0.25) is 0 Å². The SMILES string of the molecule is CN1CCN(c2ncc(Sc3ccc(C(N)=O)c(C(F)(F)F)c3)c(OCc3cccc(N(C)C)c3)n2)CC1. The molecule has 0 atom stereocenters. The highest BCUT2D eigenvalue weighted by atomic mass is 32.2. The van der Waals surface area contributed by atoms with Gasteiger partial charge in [-0.05, 0) is 42.9 Å². The number of benzene rings is 2. The Balaban J connectivity index is 1.65. The molecule has 2 heterocycles. The number of ether oxygens (including phenoxy) is 1. The van der Waals surface area contributed by atoms with Crippen molar-refractivity contribution in [2.24, 2.45) is 5.73 Å². The van der Waals surface area contributed by atoms with Crippen LogP contribution in [0.4, 0.5) is 24.8 Å². The van der Waals surface area contributed by atoms with E-state index < -0.39 is 23.2 Å². The lowest BCUT2D eigenvalue weighted by molar-refractivity contribution is -0.138. The topological polar surface area (TPSA) is 87.8 Å². The first-order valence-electron chi connectivity index (χ1n) is 11.9. The molecule has 1 aromatic heterocycles. The summed E-state index contributed by atoms with van der Waals surface area (Å²) < 4.78 is 47.0. The van der Waals surface area contributed by atoms with Gasteiger partial charge in [0, 0.05) is 50.9 Å². The number of nitrogens with two attached hydrogens (primary N) is 1. The molecule has 3 aromatic rings. The molecule has 1 aliphatic rings. The molecule has 2 N–H and O–H groups in total. The van der Waals surface area contributed by atoms with E-state index in [2.05, 4.69) is 19.8 Å². The normalized spacial score (nSPS) is 14.4. The minimum absolute atomic E-state index is 0.211. The number of aromatic nitrogens is 2. The lowest BCUT2D eigenvalue weighted by Crippen LogP contribution is -2.45. The zero-order chi connectivity index (χ0) is 27.4. The number of rotatable bonds is 8. The van der Waals surface area contributed by atoms with E-state index in [1.165, 1.54) is 6.07 Å². The monoisotopic (exact) mass is 546 g/mol. The first-order chi connectivity index (χ1) is 18.0. The summed E-state index contributed by atoms with van der Waals surface area (Å²) >= 11 is 1.03. The highest BCUT2D eigenvalue weighted by molar-refractivity contribution is 7.99. The summed E-state index contributed by atoms with van der Waals surface area (Å²) in [4.78, 5) is 27.6. The first kappa shape index (κ1) is 27.5. The number of halogens is 3. The van der Waals surface area contributed by atoms with Gasteiger partial charge in [-0.15, -0.1) is 0 Å². The number of primary amides is 1.